The third kappa shape index (κ3) is 2.60. The highest BCUT2D eigenvalue weighted by Crippen LogP contribution is 2.09. The minimum atomic E-state index is -0.0833. The van der Waals surface area contributed by atoms with E-state index in [0.29, 0.717) is 0 Å². The molecule has 0 rings (SSSR count). The lowest BCUT2D eigenvalue weighted by Gasteiger charge is -2.12. The molecule has 0 bridgehead atoms. The number of rotatable bonds is 3. The monoisotopic (exact) mass is 134 g/mol. The van der Waals surface area contributed by atoms with Crippen molar-refractivity contribution in [2.75, 3.05) is 13.2 Å². The molecule has 0 aliphatic heterocycles. The van der Waals surface area contributed by atoms with Gasteiger partial charge in [-0.25, -0.2) is 0 Å². The molecule has 8 heavy (non-hydrogen) atoms. The van der Waals surface area contributed by atoms with Gasteiger partial charge in [0, 0.05) is 11.9 Å². The van der Waals surface area contributed by atoms with E-state index >= 15 is 0 Å². The van der Waals surface area contributed by atoms with Crippen LogP contribution in [0.1, 0.15) is 0 Å². The molecule has 2 N–H and O–H groups in total. The maximum Gasteiger partial charge on any atom is 0.109 e. The van der Waals surface area contributed by atoms with E-state index in [1.165, 1.54) is 0 Å². The van der Waals surface area contributed by atoms with Crippen LogP contribution in [-0.2, 0) is 0 Å². The van der Waals surface area contributed by atoms with Crippen molar-refractivity contribution in [1.29, 1.82) is 0 Å². The second kappa shape index (κ2) is 4.24. The lowest BCUT2D eigenvalue weighted by atomic mass is 9.85. The zero-order chi connectivity index (χ0) is 6.57. The zero-order valence-corrected chi connectivity index (χ0v) is 5.80. The van der Waals surface area contributed by atoms with Crippen LogP contribution in [0.15, 0.2) is 0 Å². The fraction of sp³-hybridized carbons (Fsp3) is 1.00. The number of hydrogen-bond donors (Lipinski definition) is 3. The van der Waals surface area contributed by atoms with Gasteiger partial charge >= 0.3 is 0 Å². The van der Waals surface area contributed by atoms with E-state index in [1.807, 2.05) is 7.85 Å². The van der Waals surface area contributed by atoms with Gasteiger partial charge in [0.15, 0.2) is 0 Å². The molecular formula is C4H11BO2S. The Morgan fingerprint density at radius 1 is 1.38 bits per heavy atom. The third-order valence-corrected chi connectivity index (χ3v) is 1.80. The van der Waals surface area contributed by atoms with Crippen LogP contribution in [0.3, 0.4) is 0 Å². The van der Waals surface area contributed by atoms with Gasteiger partial charge in [-0.3, -0.25) is 0 Å². The molecule has 0 spiro atoms. The minimum Gasteiger partial charge on any atom is -0.397 e. The maximum absolute atomic E-state index is 8.48. The average molecular weight is 134 g/mol. The van der Waals surface area contributed by atoms with Gasteiger partial charge in [0.05, 0.1) is 6.61 Å². The van der Waals surface area contributed by atoms with Gasteiger partial charge in [-0.05, 0) is 5.82 Å². The number of aliphatic hydroxyl groups is 2. The molecule has 2 atom stereocenters. The highest BCUT2D eigenvalue weighted by Gasteiger charge is 2.09. The first-order valence-electron chi connectivity index (χ1n) is 2.62. The topological polar surface area (TPSA) is 40.5 Å². The van der Waals surface area contributed by atoms with Gasteiger partial charge in [-0.2, -0.15) is 12.6 Å². The smallest absolute Gasteiger partial charge is 0.109 e. The first-order valence-corrected chi connectivity index (χ1v) is 3.13. The third-order valence-electron chi connectivity index (χ3n) is 1.13. The molecule has 0 aromatic carbocycles. The Kier molecular flexibility index (Phi) is 4.41. The summed E-state index contributed by atoms with van der Waals surface area (Å²) >= 11 is 3.99. The highest BCUT2D eigenvalue weighted by atomic mass is 32.1. The lowest BCUT2D eigenvalue weighted by molar-refractivity contribution is 0.249. The summed E-state index contributed by atoms with van der Waals surface area (Å²) in [5, 5.41) is 16.8. The van der Waals surface area contributed by atoms with Crippen LogP contribution >= 0.6 is 12.6 Å². The van der Waals surface area contributed by atoms with Gasteiger partial charge < -0.3 is 10.2 Å². The van der Waals surface area contributed by atoms with Gasteiger partial charge in [-0.15, -0.1) is 0 Å². The summed E-state index contributed by atoms with van der Waals surface area (Å²) in [6.45, 7) is 0.125. The summed E-state index contributed by atoms with van der Waals surface area (Å²) in [6.07, 6.45) is 0. The van der Waals surface area contributed by atoms with Gasteiger partial charge in [0.1, 0.15) is 7.85 Å². The molecule has 0 saturated carbocycles. The van der Waals surface area contributed by atoms with Crippen molar-refractivity contribution in [3.8, 4) is 0 Å². The zero-order valence-electron chi connectivity index (χ0n) is 4.91. The molecule has 4 heteroatoms. The van der Waals surface area contributed by atoms with Crippen molar-refractivity contribution < 1.29 is 10.2 Å². The normalized spacial score (nSPS) is 17.9. The first kappa shape index (κ1) is 8.33. The Morgan fingerprint density at radius 3 is 2.00 bits per heavy atom. The molecule has 0 heterocycles. The van der Waals surface area contributed by atoms with Crippen LogP contribution in [0, 0.1) is 0 Å². The molecule has 0 aromatic rings. The van der Waals surface area contributed by atoms with E-state index in [4.69, 9.17) is 10.2 Å². The van der Waals surface area contributed by atoms with E-state index < -0.39 is 0 Å². The number of aliphatic hydroxyl groups excluding tert-OH is 2. The molecule has 0 aliphatic carbocycles. The number of thiol groups is 1. The van der Waals surface area contributed by atoms with Crippen molar-refractivity contribution in [3.63, 3.8) is 0 Å². The Morgan fingerprint density at radius 2 is 1.88 bits per heavy atom. The van der Waals surface area contributed by atoms with Crippen molar-refractivity contribution in [1.82, 2.24) is 0 Å². The lowest BCUT2D eigenvalue weighted by Crippen LogP contribution is -2.16. The van der Waals surface area contributed by atoms with Crippen LogP contribution in [0.4, 0.5) is 0 Å². The second-order valence-electron chi connectivity index (χ2n) is 1.91. The summed E-state index contributed by atoms with van der Waals surface area (Å²) in [5.41, 5.74) is 0. The largest absolute Gasteiger partial charge is 0.397 e. The Balaban J connectivity index is 3.29. The van der Waals surface area contributed by atoms with E-state index in [1.54, 1.807) is 0 Å². The summed E-state index contributed by atoms with van der Waals surface area (Å²) in [6, 6.07) is 0. The van der Waals surface area contributed by atoms with Crippen LogP contribution in [0.5, 0.6) is 0 Å². The van der Waals surface area contributed by atoms with Crippen LogP contribution in [-0.4, -0.2) is 36.5 Å². The van der Waals surface area contributed by atoms with E-state index in [-0.39, 0.29) is 24.3 Å². The summed E-state index contributed by atoms with van der Waals surface area (Å²) in [7, 11) is 1.84. The molecule has 0 amide bonds. The fourth-order valence-corrected chi connectivity index (χ4v) is 0.396. The highest BCUT2D eigenvalue weighted by molar-refractivity contribution is 7.81. The van der Waals surface area contributed by atoms with Gasteiger partial charge in [0.2, 0.25) is 0 Å². The average Bonchev–Trinajstić information content (AvgIpc) is 1.84. The molecule has 0 aromatic heterocycles. The minimum absolute atomic E-state index is 0.0326. The molecule has 2 nitrogen and oxygen atoms in total. The molecule has 0 saturated heterocycles. The Hall–Kier alpha value is 0.335. The van der Waals surface area contributed by atoms with Crippen LogP contribution in [0.2, 0.25) is 5.82 Å². The first-order chi connectivity index (χ1) is 3.72. The predicted octanol–water partition coefficient (Wildman–Crippen LogP) is -1.31. The van der Waals surface area contributed by atoms with Crippen LogP contribution < -0.4 is 0 Å². The quantitative estimate of drug-likeness (QED) is 0.331. The predicted molar refractivity (Wildman–Crippen MR) is 39.2 cm³/mol. The van der Waals surface area contributed by atoms with E-state index in [2.05, 4.69) is 12.6 Å². The van der Waals surface area contributed by atoms with Crippen molar-refractivity contribution in [2.45, 2.75) is 11.1 Å². The van der Waals surface area contributed by atoms with E-state index in [9.17, 15) is 0 Å². The summed E-state index contributed by atoms with van der Waals surface area (Å²) < 4.78 is 0. The molecule has 2 unspecified atom stereocenters. The molecule has 0 fully saturated rings. The van der Waals surface area contributed by atoms with Crippen molar-refractivity contribution >= 4 is 20.5 Å². The van der Waals surface area contributed by atoms with E-state index in [0.717, 1.165) is 0 Å². The van der Waals surface area contributed by atoms with Crippen molar-refractivity contribution in [2.24, 2.45) is 0 Å². The Bertz CT molecular complexity index is 54.0. The second-order valence-corrected chi connectivity index (χ2v) is 2.57. The standard InChI is InChI=1S/C4H11BO2S/c5-3(1-6)4(8)2-7/h3-4,6-8H,1-2,5H2. The maximum atomic E-state index is 8.48. The van der Waals surface area contributed by atoms with Gasteiger partial charge in [0.25, 0.3) is 0 Å². The fourth-order valence-electron chi connectivity index (χ4n) is 0.302. The molecule has 48 valence electrons. The van der Waals surface area contributed by atoms with Crippen LogP contribution in [0.25, 0.3) is 0 Å². The molecule has 0 radical (unpaired) electrons. The molecular weight excluding hydrogens is 123 g/mol. The Labute approximate surface area is 55.7 Å². The van der Waals surface area contributed by atoms with Gasteiger partial charge in [-0.1, -0.05) is 0 Å². The summed E-state index contributed by atoms with van der Waals surface area (Å²) in [4.78, 5) is 0. The van der Waals surface area contributed by atoms with Crippen molar-refractivity contribution in [3.05, 3.63) is 0 Å². The number of hydrogen-bond acceptors (Lipinski definition) is 3. The molecule has 0 aliphatic rings. The summed E-state index contributed by atoms with van der Waals surface area (Å²) in [5.74, 6) is 0.0864. The SMILES string of the molecule is BC(CO)C(S)CO.